The van der Waals surface area contributed by atoms with Crippen LogP contribution >= 0.6 is 0 Å². The van der Waals surface area contributed by atoms with Crippen molar-refractivity contribution in [3.8, 4) is 0 Å². The van der Waals surface area contributed by atoms with E-state index in [1.807, 2.05) is 36.4 Å². The van der Waals surface area contributed by atoms with Crippen LogP contribution in [0.25, 0.3) is 0 Å². The molecular weight excluding hydrogens is 516 g/mol. The maximum atomic E-state index is 12.7. The number of sulfonamides is 1. The molecular formula is C30H36N2O6S. The molecule has 0 spiro atoms. The molecule has 8 nitrogen and oxygen atoms in total. The molecule has 208 valence electrons. The Bertz CT molecular complexity index is 1300. The van der Waals surface area contributed by atoms with Crippen molar-refractivity contribution in [1.82, 2.24) is 4.90 Å². The summed E-state index contributed by atoms with van der Waals surface area (Å²) in [5.41, 5.74) is 3.17. The maximum Gasteiger partial charge on any atom is 0.261 e. The van der Waals surface area contributed by atoms with Gasteiger partial charge in [-0.25, -0.2) is 8.42 Å². The van der Waals surface area contributed by atoms with Gasteiger partial charge in [0, 0.05) is 37.4 Å². The molecule has 3 aromatic rings. The fraction of sp³-hybridized carbons (Fsp3) is 0.400. The van der Waals surface area contributed by atoms with Crippen molar-refractivity contribution in [2.24, 2.45) is 0 Å². The predicted octanol–water partition coefficient (Wildman–Crippen LogP) is 4.64. The number of methoxy groups -OCH3 is 1. The van der Waals surface area contributed by atoms with Crippen LogP contribution in [0.2, 0.25) is 0 Å². The van der Waals surface area contributed by atoms with E-state index in [0.717, 1.165) is 42.6 Å². The average molecular weight is 553 g/mol. The first-order valence-corrected chi connectivity index (χ1v) is 14.8. The molecule has 0 amide bonds. The summed E-state index contributed by atoms with van der Waals surface area (Å²) in [5, 5.41) is 9.45. The lowest BCUT2D eigenvalue weighted by Crippen LogP contribution is -2.42. The normalized spacial score (nSPS) is 24.1. The number of ether oxygens (including phenoxy) is 3. The molecule has 2 saturated heterocycles. The Hall–Kier alpha value is -2.79. The van der Waals surface area contributed by atoms with Gasteiger partial charge in [0.05, 0.1) is 30.3 Å². The highest BCUT2D eigenvalue weighted by Gasteiger charge is 2.35. The van der Waals surface area contributed by atoms with Gasteiger partial charge in [-0.05, 0) is 54.8 Å². The number of hydrogen-bond donors (Lipinski definition) is 2. The Labute approximate surface area is 230 Å². The quantitative estimate of drug-likeness (QED) is 0.378. The lowest BCUT2D eigenvalue weighted by Gasteiger charge is -2.38. The zero-order valence-corrected chi connectivity index (χ0v) is 22.9. The van der Waals surface area contributed by atoms with Gasteiger partial charge in [-0.2, -0.15) is 0 Å². The number of nitrogens with zero attached hydrogens (tertiary/aromatic N) is 1. The van der Waals surface area contributed by atoms with Crippen LogP contribution in [0.4, 0.5) is 5.69 Å². The molecule has 4 atom stereocenters. The third kappa shape index (κ3) is 6.87. The van der Waals surface area contributed by atoms with Crippen LogP contribution in [0.1, 0.15) is 48.3 Å². The minimum atomic E-state index is -3.68. The van der Waals surface area contributed by atoms with Crippen LogP contribution in [0.15, 0.2) is 83.8 Å². The van der Waals surface area contributed by atoms with Crippen molar-refractivity contribution in [1.29, 1.82) is 0 Å². The smallest absolute Gasteiger partial charge is 0.261 e. The lowest BCUT2D eigenvalue weighted by atomic mass is 9.99. The summed E-state index contributed by atoms with van der Waals surface area (Å²) < 4.78 is 46.5. The first kappa shape index (κ1) is 27.8. The second kappa shape index (κ2) is 12.6. The fourth-order valence-electron chi connectivity index (χ4n) is 5.33. The minimum Gasteiger partial charge on any atom is -0.392 e. The van der Waals surface area contributed by atoms with Crippen LogP contribution in [-0.4, -0.2) is 57.4 Å². The number of nitrogens with one attached hydrogen (secondary N) is 1. The number of aliphatic hydroxyl groups excluding tert-OH is 1. The zero-order valence-electron chi connectivity index (χ0n) is 22.1. The van der Waals surface area contributed by atoms with Gasteiger partial charge in [0.15, 0.2) is 6.29 Å². The second-order valence-corrected chi connectivity index (χ2v) is 11.8. The number of aliphatic hydroxyl groups is 1. The molecule has 2 fully saturated rings. The number of likely N-dealkylation sites (tertiary alicyclic amines) is 1. The zero-order chi connectivity index (χ0) is 27.2. The van der Waals surface area contributed by atoms with Crippen LogP contribution in [0.3, 0.4) is 0 Å². The van der Waals surface area contributed by atoms with Gasteiger partial charge in [0.1, 0.15) is 0 Å². The molecule has 2 heterocycles. The van der Waals surface area contributed by atoms with E-state index in [-0.39, 0.29) is 23.7 Å². The van der Waals surface area contributed by atoms with Gasteiger partial charge < -0.3 is 19.3 Å². The van der Waals surface area contributed by atoms with Crippen LogP contribution in [-0.2, 0) is 30.8 Å². The Morgan fingerprint density at radius 3 is 2.38 bits per heavy atom. The summed E-state index contributed by atoms with van der Waals surface area (Å²) in [6.45, 7) is 2.51. The third-order valence-corrected chi connectivity index (χ3v) is 8.80. The Kier molecular flexibility index (Phi) is 8.96. The van der Waals surface area contributed by atoms with Crippen molar-refractivity contribution in [2.45, 2.75) is 55.3 Å². The summed E-state index contributed by atoms with van der Waals surface area (Å²) in [7, 11) is -1.94. The number of hydrogen-bond acceptors (Lipinski definition) is 7. The first-order valence-electron chi connectivity index (χ1n) is 13.4. The molecule has 2 aliphatic rings. The van der Waals surface area contributed by atoms with Gasteiger partial charge >= 0.3 is 0 Å². The standard InChI is InChI=1S/C30H36N2O6S/c1-36-21-26-6-5-17-32(26)19-27-18-29(23-11-9-22(20-33)10-12-23)38-30(37-27)24-13-15-25(16-14-24)31-39(34,35)28-7-3-2-4-8-28/h2-4,7-16,26-27,29-31,33H,5-6,17-21H2,1H3/t26-,27+,29-,30-/m0/s1. The largest absolute Gasteiger partial charge is 0.392 e. The van der Waals surface area contributed by atoms with Crippen LogP contribution in [0.5, 0.6) is 0 Å². The highest BCUT2D eigenvalue weighted by molar-refractivity contribution is 7.92. The van der Waals surface area contributed by atoms with Gasteiger partial charge in [-0.1, -0.05) is 54.6 Å². The monoisotopic (exact) mass is 552 g/mol. The van der Waals surface area contributed by atoms with E-state index in [2.05, 4.69) is 9.62 Å². The van der Waals surface area contributed by atoms with Crippen LogP contribution in [0, 0.1) is 0 Å². The number of benzene rings is 3. The van der Waals surface area contributed by atoms with Crippen molar-refractivity contribution in [2.75, 3.05) is 31.5 Å². The van der Waals surface area contributed by atoms with E-state index in [4.69, 9.17) is 14.2 Å². The molecule has 0 aliphatic carbocycles. The molecule has 2 N–H and O–H groups in total. The summed E-state index contributed by atoms with van der Waals surface area (Å²) in [6.07, 6.45) is 2.14. The maximum absolute atomic E-state index is 12.7. The number of anilines is 1. The average Bonchev–Trinajstić information content (AvgIpc) is 3.40. The molecule has 5 rings (SSSR count). The SMILES string of the molecule is COC[C@@H]1CCCN1C[C@H]1C[C@@H](c2ccc(CO)cc2)O[C@@H](c2ccc(NS(=O)(=O)c3ccccc3)cc2)O1. The molecule has 0 aromatic heterocycles. The molecule has 9 heteroatoms. The molecule has 0 bridgehead atoms. The molecule has 39 heavy (non-hydrogen) atoms. The van der Waals surface area contributed by atoms with Gasteiger partial charge in [0.2, 0.25) is 0 Å². The Morgan fingerprint density at radius 2 is 1.69 bits per heavy atom. The van der Waals surface area contributed by atoms with Gasteiger partial charge in [-0.3, -0.25) is 9.62 Å². The van der Waals surface area contributed by atoms with Gasteiger partial charge in [-0.15, -0.1) is 0 Å². The third-order valence-electron chi connectivity index (χ3n) is 7.40. The summed E-state index contributed by atoms with van der Waals surface area (Å²) in [4.78, 5) is 2.66. The predicted molar refractivity (Wildman–Crippen MR) is 149 cm³/mol. The van der Waals surface area contributed by atoms with Crippen molar-refractivity contribution >= 4 is 15.7 Å². The van der Waals surface area contributed by atoms with E-state index in [1.165, 1.54) is 0 Å². The highest BCUT2D eigenvalue weighted by atomic mass is 32.2. The number of rotatable bonds is 10. The van der Waals surface area contributed by atoms with E-state index in [9.17, 15) is 13.5 Å². The van der Waals surface area contributed by atoms with E-state index < -0.39 is 16.3 Å². The van der Waals surface area contributed by atoms with E-state index in [0.29, 0.717) is 24.8 Å². The van der Waals surface area contributed by atoms with Gasteiger partial charge in [0.25, 0.3) is 10.0 Å². The Balaban J connectivity index is 1.33. The summed E-state index contributed by atoms with van der Waals surface area (Å²) in [5.74, 6) is 0. The molecule has 0 saturated carbocycles. The van der Waals surface area contributed by atoms with Crippen LogP contribution < -0.4 is 4.72 Å². The Morgan fingerprint density at radius 1 is 0.974 bits per heavy atom. The van der Waals surface area contributed by atoms with E-state index in [1.54, 1.807) is 49.6 Å². The van der Waals surface area contributed by atoms with E-state index >= 15 is 0 Å². The molecule has 0 radical (unpaired) electrons. The topological polar surface area (TPSA) is 97.3 Å². The summed E-state index contributed by atoms with van der Waals surface area (Å²) in [6, 6.07) is 23.6. The van der Waals surface area contributed by atoms with Crippen molar-refractivity contribution in [3.63, 3.8) is 0 Å². The molecule has 0 unspecified atom stereocenters. The molecule has 2 aliphatic heterocycles. The van der Waals surface area contributed by atoms with Crippen molar-refractivity contribution in [3.05, 3.63) is 95.6 Å². The van der Waals surface area contributed by atoms with Crippen molar-refractivity contribution < 1.29 is 27.7 Å². The fourth-order valence-corrected chi connectivity index (χ4v) is 6.41. The highest BCUT2D eigenvalue weighted by Crippen LogP contribution is 2.39. The molecule has 3 aromatic carbocycles. The summed E-state index contributed by atoms with van der Waals surface area (Å²) >= 11 is 0. The second-order valence-electron chi connectivity index (χ2n) is 10.1. The lowest BCUT2D eigenvalue weighted by molar-refractivity contribution is -0.253. The first-order chi connectivity index (χ1) is 18.9. The minimum absolute atomic E-state index is 0.00358.